The van der Waals surface area contributed by atoms with Crippen LogP contribution in [0.3, 0.4) is 0 Å². The average molecular weight is 288 g/mol. The Morgan fingerprint density at radius 2 is 1.86 bits per heavy atom. The summed E-state index contributed by atoms with van der Waals surface area (Å²) in [5.41, 5.74) is 0.648. The van der Waals surface area contributed by atoms with Crippen molar-refractivity contribution in [1.82, 2.24) is 4.98 Å². The molecule has 2 rings (SSSR count). The third-order valence-corrected chi connectivity index (χ3v) is 2.85. The van der Waals surface area contributed by atoms with Gasteiger partial charge in [0, 0.05) is 6.20 Å². The molecule has 5 heteroatoms. The van der Waals surface area contributed by atoms with Crippen molar-refractivity contribution in [1.29, 1.82) is 5.26 Å². The summed E-state index contributed by atoms with van der Waals surface area (Å²) < 4.78 is 38.3. The normalized spacial score (nSPS) is 11.5. The van der Waals surface area contributed by atoms with Crippen LogP contribution in [0, 0.1) is 11.3 Å². The van der Waals surface area contributed by atoms with Crippen molar-refractivity contribution in [2.24, 2.45) is 0 Å². The van der Waals surface area contributed by atoms with E-state index in [1.165, 1.54) is 12.1 Å². The zero-order valence-corrected chi connectivity index (χ0v) is 10.9. The largest absolute Gasteiger partial charge is 0.433 e. The van der Waals surface area contributed by atoms with Crippen LogP contribution in [0.1, 0.15) is 22.4 Å². The third-order valence-electron chi connectivity index (χ3n) is 2.85. The van der Waals surface area contributed by atoms with Gasteiger partial charge < -0.3 is 0 Å². The Labute approximate surface area is 120 Å². The zero-order chi connectivity index (χ0) is 15.3. The minimum absolute atomic E-state index is 0.134. The number of halogens is 3. The Hall–Kier alpha value is -2.61. The number of hydrogen-bond donors (Lipinski definition) is 0. The Balaban J connectivity index is 2.13. The molecule has 0 saturated heterocycles. The Bertz CT molecular complexity index is 680. The molecule has 0 saturated carbocycles. The summed E-state index contributed by atoms with van der Waals surface area (Å²) >= 11 is 0. The van der Waals surface area contributed by atoms with Gasteiger partial charge >= 0.3 is 6.18 Å². The fraction of sp³-hybridized carbons (Fsp3) is 0.125. The lowest BCUT2D eigenvalue weighted by molar-refractivity contribution is -0.141. The molecule has 2 aromatic rings. The standard InChI is InChI=1S/C16H11F3N2/c17-16(18,19)15-14(5-2-10-21-15)4-1-3-12-6-8-13(11-20)9-7-12/h1-3,5-10H,4H2. The second-order valence-corrected chi connectivity index (χ2v) is 4.35. The second-order valence-electron chi connectivity index (χ2n) is 4.35. The maximum absolute atomic E-state index is 12.8. The van der Waals surface area contributed by atoms with Gasteiger partial charge in [-0.05, 0) is 35.7 Å². The number of aromatic nitrogens is 1. The van der Waals surface area contributed by atoms with E-state index in [0.717, 1.165) is 11.8 Å². The summed E-state index contributed by atoms with van der Waals surface area (Å²) in [4.78, 5) is 3.40. The second kappa shape index (κ2) is 6.23. The molecule has 2 nitrogen and oxygen atoms in total. The predicted molar refractivity (Wildman–Crippen MR) is 73.1 cm³/mol. The molecule has 0 aliphatic rings. The topological polar surface area (TPSA) is 36.7 Å². The number of nitrogens with zero attached hydrogens (tertiary/aromatic N) is 2. The maximum Gasteiger partial charge on any atom is 0.433 e. The van der Waals surface area contributed by atoms with E-state index in [9.17, 15) is 13.2 Å². The molecule has 0 aliphatic carbocycles. The fourth-order valence-electron chi connectivity index (χ4n) is 1.85. The first kappa shape index (κ1) is 14.8. The fourth-order valence-corrected chi connectivity index (χ4v) is 1.85. The van der Waals surface area contributed by atoms with Gasteiger partial charge in [-0.2, -0.15) is 18.4 Å². The molecular weight excluding hydrogens is 277 g/mol. The summed E-state index contributed by atoms with van der Waals surface area (Å²) in [6, 6.07) is 11.7. The van der Waals surface area contributed by atoms with Gasteiger partial charge in [0.05, 0.1) is 11.6 Å². The van der Waals surface area contributed by atoms with Crippen molar-refractivity contribution < 1.29 is 13.2 Å². The highest BCUT2D eigenvalue weighted by Crippen LogP contribution is 2.30. The van der Waals surface area contributed by atoms with Crippen molar-refractivity contribution in [3.05, 3.63) is 71.1 Å². The van der Waals surface area contributed by atoms with E-state index in [0.29, 0.717) is 5.56 Å². The molecule has 0 aliphatic heterocycles. The third kappa shape index (κ3) is 3.93. The number of rotatable bonds is 3. The van der Waals surface area contributed by atoms with E-state index in [1.54, 1.807) is 36.4 Å². The lowest BCUT2D eigenvalue weighted by Crippen LogP contribution is -2.11. The van der Waals surface area contributed by atoms with Crippen molar-refractivity contribution >= 4 is 6.08 Å². The first-order valence-corrected chi connectivity index (χ1v) is 6.18. The molecule has 1 heterocycles. The maximum atomic E-state index is 12.8. The van der Waals surface area contributed by atoms with Gasteiger partial charge in [-0.1, -0.05) is 30.4 Å². The molecule has 21 heavy (non-hydrogen) atoms. The van der Waals surface area contributed by atoms with E-state index in [-0.39, 0.29) is 12.0 Å². The molecule has 1 aromatic carbocycles. The summed E-state index contributed by atoms with van der Waals surface area (Å²) in [7, 11) is 0. The van der Waals surface area contributed by atoms with Crippen LogP contribution in [-0.2, 0) is 12.6 Å². The van der Waals surface area contributed by atoms with Gasteiger partial charge in [0.2, 0.25) is 0 Å². The van der Waals surface area contributed by atoms with Crippen LogP contribution in [0.25, 0.3) is 6.08 Å². The highest BCUT2D eigenvalue weighted by Gasteiger charge is 2.34. The molecule has 0 unspecified atom stereocenters. The first-order valence-electron chi connectivity index (χ1n) is 6.18. The van der Waals surface area contributed by atoms with Gasteiger partial charge in [-0.15, -0.1) is 0 Å². The molecule has 0 N–H and O–H groups in total. The van der Waals surface area contributed by atoms with Gasteiger partial charge in [-0.25, -0.2) is 0 Å². The lowest BCUT2D eigenvalue weighted by Gasteiger charge is -2.09. The SMILES string of the molecule is N#Cc1ccc(C=CCc2cccnc2C(F)(F)F)cc1. The number of alkyl halides is 3. The number of benzene rings is 1. The quantitative estimate of drug-likeness (QED) is 0.847. The van der Waals surface area contributed by atoms with E-state index in [2.05, 4.69) is 4.98 Å². The van der Waals surface area contributed by atoms with Crippen LogP contribution in [0.5, 0.6) is 0 Å². The van der Waals surface area contributed by atoms with Crippen LogP contribution in [0.4, 0.5) is 13.2 Å². The van der Waals surface area contributed by atoms with Crippen LogP contribution in [0.2, 0.25) is 0 Å². The Morgan fingerprint density at radius 1 is 1.14 bits per heavy atom. The van der Waals surface area contributed by atoms with Gasteiger partial charge in [0.1, 0.15) is 5.69 Å². The highest BCUT2D eigenvalue weighted by molar-refractivity contribution is 5.51. The molecular formula is C16H11F3N2. The number of nitriles is 1. The summed E-state index contributed by atoms with van der Waals surface area (Å²) in [5, 5.41) is 8.68. The predicted octanol–water partition coefficient (Wildman–Crippen LogP) is 4.23. The average Bonchev–Trinajstić information content (AvgIpc) is 2.47. The highest BCUT2D eigenvalue weighted by atomic mass is 19.4. The molecule has 0 bridgehead atoms. The van der Waals surface area contributed by atoms with Crippen molar-refractivity contribution in [2.45, 2.75) is 12.6 Å². The number of allylic oxidation sites excluding steroid dienone is 1. The Morgan fingerprint density at radius 3 is 2.48 bits per heavy atom. The van der Waals surface area contributed by atoms with Crippen LogP contribution in [0.15, 0.2) is 48.7 Å². The zero-order valence-electron chi connectivity index (χ0n) is 10.9. The summed E-state index contributed by atoms with van der Waals surface area (Å²) in [6.07, 6.45) is 0.195. The number of pyridine rings is 1. The van der Waals surface area contributed by atoms with Crippen molar-refractivity contribution in [3.63, 3.8) is 0 Å². The smallest absolute Gasteiger partial charge is 0.251 e. The number of hydrogen-bond acceptors (Lipinski definition) is 2. The molecule has 1 aromatic heterocycles. The molecule has 106 valence electrons. The van der Waals surface area contributed by atoms with Gasteiger partial charge in [0.15, 0.2) is 0 Å². The molecule has 0 atom stereocenters. The van der Waals surface area contributed by atoms with Crippen molar-refractivity contribution in [2.75, 3.05) is 0 Å². The summed E-state index contributed by atoms with van der Waals surface area (Å²) in [5.74, 6) is 0. The lowest BCUT2D eigenvalue weighted by atomic mass is 10.1. The van der Waals surface area contributed by atoms with Crippen molar-refractivity contribution in [3.8, 4) is 6.07 Å². The molecule has 0 radical (unpaired) electrons. The minimum Gasteiger partial charge on any atom is -0.251 e. The minimum atomic E-state index is -4.45. The monoisotopic (exact) mass is 288 g/mol. The van der Waals surface area contributed by atoms with E-state index in [1.807, 2.05) is 6.07 Å². The first-order chi connectivity index (χ1) is 10.0. The van der Waals surface area contributed by atoms with Crippen LogP contribution >= 0.6 is 0 Å². The summed E-state index contributed by atoms with van der Waals surface area (Å²) in [6.45, 7) is 0. The van der Waals surface area contributed by atoms with E-state index in [4.69, 9.17) is 5.26 Å². The molecule has 0 amide bonds. The molecule has 0 spiro atoms. The van der Waals surface area contributed by atoms with Crippen LogP contribution in [-0.4, -0.2) is 4.98 Å². The van der Waals surface area contributed by atoms with Gasteiger partial charge in [0.25, 0.3) is 0 Å². The Kier molecular flexibility index (Phi) is 4.39. The van der Waals surface area contributed by atoms with Gasteiger partial charge in [-0.3, -0.25) is 4.98 Å². The van der Waals surface area contributed by atoms with Crippen LogP contribution < -0.4 is 0 Å². The van der Waals surface area contributed by atoms with E-state index >= 15 is 0 Å². The van der Waals surface area contributed by atoms with E-state index < -0.39 is 11.9 Å². The molecule has 0 fully saturated rings.